The van der Waals surface area contributed by atoms with Gasteiger partial charge in [-0.1, -0.05) is 6.92 Å². The summed E-state index contributed by atoms with van der Waals surface area (Å²) >= 11 is 0. The fraction of sp³-hybridized carbons (Fsp3) is 0.643. The van der Waals surface area contributed by atoms with Gasteiger partial charge in [0.15, 0.2) is 0 Å². The minimum atomic E-state index is -0.614. The van der Waals surface area contributed by atoms with Crippen molar-refractivity contribution >= 4 is 11.9 Å². The number of rotatable bonds is 3. The van der Waals surface area contributed by atoms with Gasteiger partial charge in [-0.05, 0) is 37.7 Å². The predicted octanol–water partition coefficient (Wildman–Crippen LogP) is 1.38. The molecule has 6 heteroatoms. The predicted molar refractivity (Wildman–Crippen MR) is 72.8 cm³/mol. The van der Waals surface area contributed by atoms with Gasteiger partial charge in [0.1, 0.15) is 5.54 Å². The summed E-state index contributed by atoms with van der Waals surface area (Å²) in [7, 11) is 0. The maximum absolute atomic E-state index is 12.2. The van der Waals surface area contributed by atoms with E-state index in [9.17, 15) is 9.59 Å². The lowest BCUT2D eigenvalue weighted by Gasteiger charge is -2.40. The number of carbonyl (C=O) groups is 2. The molecule has 0 radical (unpaired) electrons. The Bertz CT molecular complexity index is 503. The zero-order chi connectivity index (χ0) is 14.2. The minimum absolute atomic E-state index is 0.116. The number of carbonyl (C=O) groups excluding carboxylic acids is 2. The molecule has 2 heterocycles. The Labute approximate surface area is 118 Å². The van der Waals surface area contributed by atoms with Crippen LogP contribution in [0.5, 0.6) is 0 Å². The first-order chi connectivity index (χ1) is 9.62. The van der Waals surface area contributed by atoms with Crippen LogP contribution in [0, 0.1) is 5.92 Å². The van der Waals surface area contributed by atoms with E-state index in [0.29, 0.717) is 19.0 Å². The van der Waals surface area contributed by atoms with Gasteiger partial charge >= 0.3 is 6.03 Å². The summed E-state index contributed by atoms with van der Waals surface area (Å²) in [5.74, 6) is 0.520. The van der Waals surface area contributed by atoms with E-state index in [1.54, 1.807) is 15.8 Å². The average molecular weight is 276 g/mol. The second kappa shape index (κ2) is 4.92. The van der Waals surface area contributed by atoms with Gasteiger partial charge in [-0.3, -0.25) is 14.8 Å². The van der Waals surface area contributed by atoms with Crippen molar-refractivity contribution in [1.29, 1.82) is 0 Å². The first kappa shape index (κ1) is 13.1. The van der Waals surface area contributed by atoms with Crippen molar-refractivity contribution < 1.29 is 9.59 Å². The SMILES string of the molecule is CC1CCC2(CC1)C(=O)NC(=O)N2CCn1cccn1. The molecule has 108 valence electrons. The van der Waals surface area contributed by atoms with Crippen molar-refractivity contribution in [2.45, 2.75) is 44.7 Å². The van der Waals surface area contributed by atoms with Crippen LogP contribution in [0.25, 0.3) is 0 Å². The van der Waals surface area contributed by atoms with E-state index >= 15 is 0 Å². The Kier molecular flexibility index (Phi) is 3.23. The largest absolute Gasteiger partial charge is 0.325 e. The Hall–Kier alpha value is -1.85. The van der Waals surface area contributed by atoms with Gasteiger partial charge in [0.2, 0.25) is 0 Å². The van der Waals surface area contributed by atoms with E-state index in [4.69, 9.17) is 0 Å². The molecule has 0 bridgehead atoms. The second-order valence-electron chi connectivity index (χ2n) is 5.89. The van der Waals surface area contributed by atoms with Crippen molar-refractivity contribution in [3.63, 3.8) is 0 Å². The quantitative estimate of drug-likeness (QED) is 0.848. The van der Waals surface area contributed by atoms with E-state index in [1.807, 2.05) is 12.3 Å². The van der Waals surface area contributed by atoms with E-state index in [0.717, 1.165) is 25.7 Å². The van der Waals surface area contributed by atoms with Crippen LogP contribution in [0.3, 0.4) is 0 Å². The zero-order valence-electron chi connectivity index (χ0n) is 11.7. The smallest absolute Gasteiger partial charge is 0.308 e. The monoisotopic (exact) mass is 276 g/mol. The molecule has 2 fully saturated rings. The van der Waals surface area contributed by atoms with E-state index in [-0.39, 0.29) is 11.9 Å². The highest BCUT2D eigenvalue weighted by atomic mass is 16.2. The first-order valence-electron chi connectivity index (χ1n) is 7.22. The summed E-state index contributed by atoms with van der Waals surface area (Å²) in [5, 5.41) is 6.63. The normalized spacial score (nSPS) is 30.1. The van der Waals surface area contributed by atoms with Crippen LogP contribution in [0.1, 0.15) is 32.6 Å². The van der Waals surface area contributed by atoms with Crippen molar-refractivity contribution in [2.24, 2.45) is 5.92 Å². The standard InChI is InChI=1S/C14H20N4O2/c1-11-3-5-14(6-4-11)12(19)16-13(20)18(14)10-9-17-8-2-7-15-17/h2,7-8,11H,3-6,9-10H2,1H3,(H,16,19,20). The Morgan fingerprint density at radius 1 is 1.35 bits per heavy atom. The van der Waals surface area contributed by atoms with Gasteiger partial charge in [-0.25, -0.2) is 4.79 Å². The van der Waals surface area contributed by atoms with Gasteiger partial charge in [-0.15, -0.1) is 0 Å². The molecule has 0 unspecified atom stereocenters. The highest BCUT2D eigenvalue weighted by Crippen LogP contribution is 2.39. The summed E-state index contributed by atoms with van der Waals surface area (Å²) in [6.07, 6.45) is 7.12. The fourth-order valence-electron chi connectivity index (χ4n) is 3.29. The third-order valence-electron chi connectivity index (χ3n) is 4.62. The average Bonchev–Trinajstić information content (AvgIpc) is 3.00. The molecule has 6 nitrogen and oxygen atoms in total. The number of nitrogens with one attached hydrogen (secondary N) is 1. The van der Waals surface area contributed by atoms with Crippen LogP contribution in [0.2, 0.25) is 0 Å². The van der Waals surface area contributed by atoms with Crippen molar-refractivity contribution in [1.82, 2.24) is 20.0 Å². The molecule has 20 heavy (non-hydrogen) atoms. The number of urea groups is 1. The number of hydrogen-bond acceptors (Lipinski definition) is 3. The van der Waals surface area contributed by atoms with Crippen LogP contribution >= 0.6 is 0 Å². The maximum Gasteiger partial charge on any atom is 0.325 e. The van der Waals surface area contributed by atoms with Crippen molar-refractivity contribution in [2.75, 3.05) is 6.54 Å². The molecule has 1 aliphatic heterocycles. The molecule has 1 saturated heterocycles. The van der Waals surface area contributed by atoms with Gasteiger partial charge < -0.3 is 4.90 Å². The van der Waals surface area contributed by atoms with E-state index in [2.05, 4.69) is 17.3 Å². The van der Waals surface area contributed by atoms with Gasteiger partial charge in [-0.2, -0.15) is 5.10 Å². The van der Waals surface area contributed by atoms with E-state index in [1.165, 1.54) is 0 Å². The number of nitrogens with zero attached hydrogens (tertiary/aromatic N) is 3. The topological polar surface area (TPSA) is 67.2 Å². The summed E-state index contributed by atoms with van der Waals surface area (Å²) < 4.78 is 1.79. The maximum atomic E-state index is 12.2. The van der Waals surface area contributed by atoms with Crippen LogP contribution < -0.4 is 5.32 Å². The molecular weight excluding hydrogens is 256 g/mol. The molecule has 1 aliphatic carbocycles. The van der Waals surface area contributed by atoms with Gasteiger partial charge in [0.05, 0.1) is 6.54 Å². The Morgan fingerprint density at radius 2 is 2.10 bits per heavy atom. The summed E-state index contributed by atoms with van der Waals surface area (Å²) in [4.78, 5) is 26.0. The minimum Gasteiger partial charge on any atom is -0.308 e. The molecule has 1 N–H and O–H groups in total. The van der Waals surface area contributed by atoms with Gasteiger partial charge in [0, 0.05) is 18.9 Å². The Morgan fingerprint density at radius 3 is 2.75 bits per heavy atom. The molecule has 1 aromatic rings. The van der Waals surface area contributed by atoms with Gasteiger partial charge in [0.25, 0.3) is 5.91 Å². The highest BCUT2D eigenvalue weighted by molar-refractivity contribution is 6.07. The molecule has 0 aromatic carbocycles. The molecule has 1 spiro atoms. The van der Waals surface area contributed by atoms with Crippen LogP contribution in [-0.4, -0.2) is 38.7 Å². The highest BCUT2D eigenvalue weighted by Gasteiger charge is 2.53. The van der Waals surface area contributed by atoms with Crippen LogP contribution in [-0.2, 0) is 11.3 Å². The third kappa shape index (κ3) is 2.09. The van der Waals surface area contributed by atoms with E-state index < -0.39 is 5.54 Å². The summed E-state index contributed by atoms with van der Waals surface area (Å²) in [6, 6.07) is 1.60. The summed E-state index contributed by atoms with van der Waals surface area (Å²) in [5.41, 5.74) is -0.614. The zero-order valence-corrected chi connectivity index (χ0v) is 11.7. The lowest BCUT2D eigenvalue weighted by atomic mass is 9.76. The second-order valence-corrected chi connectivity index (χ2v) is 5.89. The molecule has 2 aliphatic rings. The van der Waals surface area contributed by atoms with Crippen molar-refractivity contribution in [3.05, 3.63) is 18.5 Å². The molecule has 3 rings (SSSR count). The number of hydrogen-bond donors (Lipinski definition) is 1. The van der Waals surface area contributed by atoms with Crippen molar-refractivity contribution in [3.8, 4) is 0 Å². The van der Waals surface area contributed by atoms with Crippen LogP contribution in [0.15, 0.2) is 18.5 Å². The lowest BCUT2D eigenvalue weighted by Crippen LogP contribution is -2.52. The molecule has 3 amide bonds. The number of imide groups is 1. The number of aromatic nitrogens is 2. The first-order valence-corrected chi connectivity index (χ1v) is 7.22. The number of amides is 3. The summed E-state index contributed by atoms with van der Waals surface area (Å²) in [6.45, 7) is 3.34. The molecule has 1 aromatic heterocycles. The molecule has 1 saturated carbocycles. The Balaban J connectivity index is 1.76. The fourth-order valence-corrected chi connectivity index (χ4v) is 3.29. The molecular formula is C14H20N4O2. The molecule has 0 atom stereocenters. The van der Waals surface area contributed by atoms with Crippen LogP contribution in [0.4, 0.5) is 4.79 Å². The third-order valence-corrected chi connectivity index (χ3v) is 4.62. The lowest BCUT2D eigenvalue weighted by molar-refractivity contribution is -0.128.